The van der Waals surface area contributed by atoms with Gasteiger partial charge in [0.25, 0.3) is 5.56 Å². The Hall–Kier alpha value is -1.23. The van der Waals surface area contributed by atoms with E-state index in [0.717, 1.165) is 28.8 Å². The highest BCUT2D eigenvalue weighted by Gasteiger charge is 2.46. The van der Waals surface area contributed by atoms with E-state index < -0.39 is 0 Å². The lowest BCUT2D eigenvalue weighted by atomic mass is 9.67. The van der Waals surface area contributed by atoms with Crippen molar-refractivity contribution in [3.8, 4) is 0 Å². The standard InChI is InChI=1S/C13H12BrN3O/c14-9-7-15-6-8-10(9)16-12-13(2-1-3-13)4-5-17(12)11(8)18/h6-7H,1-5H2. The van der Waals surface area contributed by atoms with E-state index in [-0.39, 0.29) is 11.0 Å². The first-order valence-corrected chi connectivity index (χ1v) is 7.05. The average molecular weight is 306 g/mol. The van der Waals surface area contributed by atoms with Gasteiger partial charge >= 0.3 is 0 Å². The first kappa shape index (κ1) is 10.7. The number of hydrogen-bond donors (Lipinski definition) is 0. The van der Waals surface area contributed by atoms with Crippen molar-refractivity contribution in [2.75, 3.05) is 0 Å². The largest absolute Gasteiger partial charge is 0.296 e. The normalized spacial score (nSPS) is 20.1. The molecular formula is C13H12BrN3O. The number of pyridine rings is 1. The van der Waals surface area contributed by atoms with E-state index >= 15 is 0 Å². The predicted molar refractivity (Wildman–Crippen MR) is 71.6 cm³/mol. The maximum Gasteiger partial charge on any atom is 0.263 e. The van der Waals surface area contributed by atoms with Gasteiger partial charge in [0.15, 0.2) is 0 Å². The summed E-state index contributed by atoms with van der Waals surface area (Å²) in [6.07, 6.45) is 7.99. The molecule has 0 aromatic carbocycles. The molecule has 1 aliphatic heterocycles. The number of halogens is 1. The molecule has 1 saturated carbocycles. The monoisotopic (exact) mass is 305 g/mol. The van der Waals surface area contributed by atoms with E-state index in [0.29, 0.717) is 5.39 Å². The number of aromatic nitrogens is 3. The van der Waals surface area contributed by atoms with Crippen molar-refractivity contribution >= 4 is 26.8 Å². The van der Waals surface area contributed by atoms with Crippen LogP contribution in [0.5, 0.6) is 0 Å². The third kappa shape index (κ3) is 1.18. The molecule has 0 radical (unpaired) electrons. The molecule has 0 unspecified atom stereocenters. The second-order valence-electron chi connectivity index (χ2n) is 5.29. The molecule has 2 aromatic heterocycles. The number of hydrogen-bond acceptors (Lipinski definition) is 3. The topological polar surface area (TPSA) is 47.8 Å². The van der Waals surface area contributed by atoms with Crippen molar-refractivity contribution < 1.29 is 0 Å². The van der Waals surface area contributed by atoms with E-state index in [4.69, 9.17) is 4.98 Å². The van der Waals surface area contributed by atoms with Crippen LogP contribution in [-0.2, 0) is 12.0 Å². The summed E-state index contributed by atoms with van der Waals surface area (Å²) in [6, 6.07) is 0. The molecule has 1 fully saturated rings. The van der Waals surface area contributed by atoms with Gasteiger partial charge in [-0.3, -0.25) is 14.3 Å². The first-order chi connectivity index (χ1) is 8.71. The summed E-state index contributed by atoms with van der Waals surface area (Å²) in [7, 11) is 0. The van der Waals surface area contributed by atoms with E-state index in [1.54, 1.807) is 12.4 Å². The van der Waals surface area contributed by atoms with Gasteiger partial charge in [-0.05, 0) is 35.2 Å². The lowest BCUT2D eigenvalue weighted by Crippen LogP contribution is -2.34. The zero-order valence-corrected chi connectivity index (χ0v) is 11.4. The van der Waals surface area contributed by atoms with Gasteiger partial charge in [0.05, 0.1) is 15.4 Å². The van der Waals surface area contributed by atoms with E-state index in [2.05, 4.69) is 20.9 Å². The molecule has 0 saturated heterocycles. The van der Waals surface area contributed by atoms with Crippen LogP contribution < -0.4 is 5.56 Å². The lowest BCUT2D eigenvalue weighted by Gasteiger charge is -2.37. The molecule has 92 valence electrons. The molecule has 4 rings (SSSR count). The minimum Gasteiger partial charge on any atom is -0.296 e. The van der Waals surface area contributed by atoms with Gasteiger partial charge in [0.1, 0.15) is 5.82 Å². The Kier molecular flexibility index (Phi) is 2.02. The Balaban J connectivity index is 2.11. The molecule has 18 heavy (non-hydrogen) atoms. The molecule has 1 spiro atoms. The average Bonchev–Trinajstić information content (AvgIpc) is 2.70. The van der Waals surface area contributed by atoms with Crippen LogP contribution in [0.2, 0.25) is 0 Å². The summed E-state index contributed by atoms with van der Waals surface area (Å²) in [5.41, 5.74) is 1.01. The zero-order valence-electron chi connectivity index (χ0n) is 9.82. The molecule has 0 amide bonds. The molecule has 0 bridgehead atoms. The Morgan fingerprint density at radius 3 is 2.83 bits per heavy atom. The molecule has 2 aromatic rings. The van der Waals surface area contributed by atoms with Gasteiger partial charge in [-0.15, -0.1) is 0 Å². The highest BCUT2D eigenvalue weighted by Crippen LogP contribution is 2.49. The molecule has 3 heterocycles. The SMILES string of the molecule is O=c1c2cncc(Br)c2nc2n1CCC21CCC1. The highest BCUT2D eigenvalue weighted by molar-refractivity contribution is 9.10. The molecule has 0 N–H and O–H groups in total. The van der Waals surface area contributed by atoms with Crippen LogP contribution in [0.25, 0.3) is 10.9 Å². The zero-order chi connectivity index (χ0) is 12.3. The highest BCUT2D eigenvalue weighted by atomic mass is 79.9. The van der Waals surface area contributed by atoms with E-state index in [1.165, 1.54) is 19.3 Å². The third-order valence-electron chi connectivity index (χ3n) is 4.42. The van der Waals surface area contributed by atoms with Crippen LogP contribution in [-0.4, -0.2) is 14.5 Å². The molecule has 5 heteroatoms. The maximum atomic E-state index is 12.5. The fraction of sp³-hybridized carbons (Fsp3) is 0.462. The molecule has 1 aliphatic carbocycles. The minimum atomic E-state index is 0.0626. The first-order valence-electron chi connectivity index (χ1n) is 6.26. The molecule has 0 atom stereocenters. The van der Waals surface area contributed by atoms with Gasteiger partial charge < -0.3 is 0 Å². The van der Waals surface area contributed by atoms with Gasteiger partial charge in [-0.2, -0.15) is 0 Å². The Morgan fingerprint density at radius 1 is 1.28 bits per heavy atom. The van der Waals surface area contributed by atoms with Crippen LogP contribution in [0.1, 0.15) is 31.5 Å². The second-order valence-corrected chi connectivity index (χ2v) is 6.15. The number of nitrogens with zero attached hydrogens (tertiary/aromatic N) is 3. The Morgan fingerprint density at radius 2 is 2.11 bits per heavy atom. The summed E-state index contributed by atoms with van der Waals surface area (Å²) in [5.74, 6) is 0.998. The quantitative estimate of drug-likeness (QED) is 0.751. The minimum absolute atomic E-state index is 0.0626. The van der Waals surface area contributed by atoms with Crippen molar-refractivity contribution in [1.29, 1.82) is 0 Å². The number of fused-ring (bicyclic) bond motifs is 3. The van der Waals surface area contributed by atoms with Gasteiger partial charge in [-0.25, -0.2) is 4.98 Å². The fourth-order valence-corrected chi connectivity index (χ4v) is 3.65. The summed E-state index contributed by atoms with van der Waals surface area (Å²) < 4.78 is 2.66. The fourth-order valence-electron chi connectivity index (χ4n) is 3.23. The van der Waals surface area contributed by atoms with Crippen molar-refractivity contribution in [3.63, 3.8) is 0 Å². The van der Waals surface area contributed by atoms with Crippen LogP contribution in [0.15, 0.2) is 21.7 Å². The van der Waals surface area contributed by atoms with E-state index in [1.807, 2.05) is 4.57 Å². The van der Waals surface area contributed by atoms with E-state index in [9.17, 15) is 4.79 Å². The lowest BCUT2D eigenvalue weighted by molar-refractivity contribution is 0.238. The van der Waals surface area contributed by atoms with Gasteiger partial charge in [-0.1, -0.05) is 6.42 Å². The number of rotatable bonds is 0. The molecule has 2 aliphatic rings. The van der Waals surface area contributed by atoms with Crippen molar-refractivity contribution in [2.24, 2.45) is 0 Å². The molecular weight excluding hydrogens is 294 g/mol. The summed E-state index contributed by atoms with van der Waals surface area (Å²) >= 11 is 3.44. The van der Waals surface area contributed by atoms with Gasteiger partial charge in [0, 0.05) is 24.4 Å². The second kappa shape index (κ2) is 3.41. The van der Waals surface area contributed by atoms with Crippen molar-refractivity contribution in [2.45, 2.75) is 37.6 Å². The van der Waals surface area contributed by atoms with Gasteiger partial charge in [0.2, 0.25) is 0 Å². The summed E-state index contributed by atoms with van der Waals surface area (Å²) in [5, 5.41) is 0.615. The van der Waals surface area contributed by atoms with Crippen molar-refractivity contribution in [1.82, 2.24) is 14.5 Å². The van der Waals surface area contributed by atoms with Crippen molar-refractivity contribution in [3.05, 3.63) is 33.0 Å². The van der Waals surface area contributed by atoms with Crippen LogP contribution >= 0.6 is 15.9 Å². The summed E-state index contributed by atoms with van der Waals surface area (Å²) in [6.45, 7) is 0.809. The molecule has 4 nitrogen and oxygen atoms in total. The van der Waals surface area contributed by atoms with Crippen LogP contribution in [0.4, 0.5) is 0 Å². The van der Waals surface area contributed by atoms with Crippen LogP contribution in [0, 0.1) is 0 Å². The van der Waals surface area contributed by atoms with Crippen LogP contribution in [0.3, 0.4) is 0 Å². The predicted octanol–water partition coefficient (Wildman–Crippen LogP) is 2.38. The maximum absolute atomic E-state index is 12.5. The Labute approximate surface area is 112 Å². The summed E-state index contributed by atoms with van der Waals surface area (Å²) in [4.78, 5) is 21.3. The Bertz CT molecular complexity index is 718. The smallest absolute Gasteiger partial charge is 0.263 e. The third-order valence-corrected chi connectivity index (χ3v) is 5.00.